The van der Waals surface area contributed by atoms with Crippen molar-refractivity contribution in [2.24, 2.45) is 0 Å². The Hall–Kier alpha value is -1.06. The second kappa shape index (κ2) is 4.09. The molecule has 0 saturated carbocycles. The van der Waals surface area contributed by atoms with Crippen LogP contribution in [0.2, 0.25) is 5.02 Å². The van der Waals surface area contributed by atoms with E-state index in [2.05, 4.69) is 4.98 Å². The Morgan fingerprint density at radius 3 is 3.00 bits per heavy atom. The molecule has 1 aromatic heterocycles. The molecule has 3 N–H and O–H groups in total. The van der Waals surface area contributed by atoms with Gasteiger partial charge in [0.05, 0.1) is 23.0 Å². The Balaban J connectivity index is 2.94. The summed E-state index contributed by atoms with van der Waals surface area (Å²) in [7, 11) is 0. The van der Waals surface area contributed by atoms with Gasteiger partial charge in [-0.2, -0.15) is 0 Å². The number of nitrogen functional groups attached to an aromatic ring is 1. The molecule has 0 unspecified atom stereocenters. The number of aromatic nitrogens is 1. The third kappa shape index (κ3) is 2.22. The number of anilines is 1. The molecule has 0 fully saturated rings. The standard InChI is InChI=1S/C8H9ClN2O/c9-6-4-7(10)8(11-5-6)2-1-3-12/h1-2,4-5,12H,3,10H2. The molecule has 0 aliphatic heterocycles. The van der Waals surface area contributed by atoms with Gasteiger partial charge in [-0.15, -0.1) is 0 Å². The molecule has 1 heterocycles. The highest BCUT2D eigenvalue weighted by Crippen LogP contribution is 2.15. The van der Waals surface area contributed by atoms with Crippen LogP contribution in [0.25, 0.3) is 6.08 Å². The van der Waals surface area contributed by atoms with Crippen LogP contribution in [0.3, 0.4) is 0 Å². The van der Waals surface area contributed by atoms with E-state index >= 15 is 0 Å². The van der Waals surface area contributed by atoms with Gasteiger partial charge in [0.1, 0.15) is 0 Å². The maximum atomic E-state index is 8.49. The lowest BCUT2D eigenvalue weighted by atomic mass is 10.3. The van der Waals surface area contributed by atoms with E-state index in [1.165, 1.54) is 6.20 Å². The lowest BCUT2D eigenvalue weighted by Crippen LogP contribution is -1.92. The molecule has 12 heavy (non-hydrogen) atoms. The van der Waals surface area contributed by atoms with Crippen LogP contribution in [-0.2, 0) is 0 Å². The molecule has 0 aromatic carbocycles. The second-order valence-corrected chi connectivity index (χ2v) is 2.65. The molecule has 0 amide bonds. The maximum Gasteiger partial charge on any atom is 0.0857 e. The molecule has 0 saturated heterocycles. The average Bonchev–Trinajstić information content (AvgIpc) is 2.03. The molecule has 1 rings (SSSR count). The zero-order chi connectivity index (χ0) is 8.97. The number of aliphatic hydroxyl groups excluding tert-OH is 1. The van der Waals surface area contributed by atoms with Crippen molar-refractivity contribution in [2.75, 3.05) is 12.3 Å². The third-order valence-corrected chi connectivity index (χ3v) is 1.50. The van der Waals surface area contributed by atoms with Gasteiger partial charge < -0.3 is 10.8 Å². The van der Waals surface area contributed by atoms with Gasteiger partial charge in [0.25, 0.3) is 0 Å². The summed E-state index contributed by atoms with van der Waals surface area (Å²) in [6.07, 6.45) is 4.72. The van der Waals surface area contributed by atoms with Crippen LogP contribution in [0, 0.1) is 0 Å². The van der Waals surface area contributed by atoms with Crippen molar-refractivity contribution in [2.45, 2.75) is 0 Å². The largest absolute Gasteiger partial charge is 0.397 e. The molecule has 0 atom stereocenters. The lowest BCUT2D eigenvalue weighted by molar-refractivity contribution is 0.343. The zero-order valence-corrected chi connectivity index (χ0v) is 7.12. The highest BCUT2D eigenvalue weighted by atomic mass is 35.5. The minimum atomic E-state index is -0.0241. The SMILES string of the molecule is Nc1cc(Cl)cnc1C=CCO. The lowest BCUT2D eigenvalue weighted by Gasteiger charge is -1.98. The molecule has 0 bridgehead atoms. The number of nitrogens with zero attached hydrogens (tertiary/aromatic N) is 1. The third-order valence-electron chi connectivity index (χ3n) is 1.30. The van der Waals surface area contributed by atoms with E-state index in [9.17, 15) is 0 Å². The first kappa shape index (κ1) is 9.03. The first-order chi connectivity index (χ1) is 5.74. The molecular formula is C8H9ClN2O. The van der Waals surface area contributed by atoms with Crippen LogP contribution >= 0.6 is 11.6 Å². The van der Waals surface area contributed by atoms with Gasteiger partial charge in [-0.1, -0.05) is 17.7 Å². The first-order valence-electron chi connectivity index (χ1n) is 3.42. The van der Waals surface area contributed by atoms with E-state index in [4.69, 9.17) is 22.4 Å². The van der Waals surface area contributed by atoms with Gasteiger partial charge in [-0.25, -0.2) is 0 Å². The smallest absolute Gasteiger partial charge is 0.0857 e. The Kier molecular flexibility index (Phi) is 3.08. The van der Waals surface area contributed by atoms with Crippen LogP contribution in [0.1, 0.15) is 5.69 Å². The number of aliphatic hydroxyl groups is 1. The summed E-state index contributed by atoms with van der Waals surface area (Å²) in [5, 5.41) is 9.00. The molecule has 0 aliphatic rings. The van der Waals surface area contributed by atoms with E-state index < -0.39 is 0 Å². The summed E-state index contributed by atoms with van der Waals surface area (Å²) in [6.45, 7) is -0.0241. The molecule has 4 heteroatoms. The second-order valence-electron chi connectivity index (χ2n) is 2.21. The Bertz CT molecular complexity index is 299. The number of hydrogen-bond acceptors (Lipinski definition) is 3. The molecule has 0 radical (unpaired) electrons. The van der Waals surface area contributed by atoms with Crippen LogP contribution in [0.4, 0.5) is 5.69 Å². The predicted octanol–water partition coefficient (Wildman–Crippen LogP) is 1.32. The van der Waals surface area contributed by atoms with Crippen LogP contribution in [0.5, 0.6) is 0 Å². The quantitative estimate of drug-likeness (QED) is 0.729. The number of nitrogens with two attached hydrogens (primary N) is 1. The number of halogens is 1. The summed E-state index contributed by atoms with van der Waals surface area (Å²) >= 11 is 5.64. The van der Waals surface area contributed by atoms with E-state index in [0.717, 1.165) is 0 Å². The van der Waals surface area contributed by atoms with Crippen molar-refractivity contribution < 1.29 is 5.11 Å². The van der Waals surface area contributed by atoms with Gasteiger partial charge >= 0.3 is 0 Å². The van der Waals surface area contributed by atoms with E-state index in [1.54, 1.807) is 18.2 Å². The van der Waals surface area contributed by atoms with Gasteiger partial charge in [0.15, 0.2) is 0 Å². The average molecular weight is 185 g/mol. The summed E-state index contributed by atoms with van der Waals surface area (Å²) in [5.74, 6) is 0. The van der Waals surface area contributed by atoms with Gasteiger partial charge in [-0.3, -0.25) is 4.98 Å². The number of hydrogen-bond donors (Lipinski definition) is 2. The minimum absolute atomic E-state index is 0.0241. The molecule has 3 nitrogen and oxygen atoms in total. The maximum absolute atomic E-state index is 8.49. The monoisotopic (exact) mass is 184 g/mol. The van der Waals surface area contributed by atoms with Crippen molar-refractivity contribution >= 4 is 23.4 Å². The fraction of sp³-hybridized carbons (Fsp3) is 0.125. The fourth-order valence-corrected chi connectivity index (χ4v) is 0.935. The highest BCUT2D eigenvalue weighted by molar-refractivity contribution is 6.30. The van der Waals surface area contributed by atoms with Crippen molar-refractivity contribution in [1.29, 1.82) is 0 Å². The molecule has 1 aromatic rings. The van der Waals surface area contributed by atoms with Crippen LogP contribution < -0.4 is 5.73 Å². The van der Waals surface area contributed by atoms with Gasteiger partial charge in [-0.05, 0) is 12.1 Å². The Labute approximate surface area is 75.5 Å². The van der Waals surface area contributed by atoms with Crippen molar-refractivity contribution in [3.8, 4) is 0 Å². The fourth-order valence-electron chi connectivity index (χ4n) is 0.769. The van der Waals surface area contributed by atoms with Crippen molar-refractivity contribution in [3.63, 3.8) is 0 Å². The first-order valence-corrected chi connectivity index (χ1v) is 3.80. The molecular weight excluding hydrogens is 176 g/mol. The normalized spacial score (nSPS) is 10.8. The molecule has 64 valence electrons. The molecule has 0 spiro atoms. The minimum Gasteiger partial charge on any atom is -0.397 e. The van der Waals surface area contributed by atoms with E-state index in [-0.39, 0.29) is 6.61 Å². The van der Waals surface area contributed by atoms with E-state index in [0.29, 0.717) is 16.4 Å². The van der Waals surface area contributed by atoms with Crippen molar-refractivity contribution in [1.82, 2.24) is 4.98 Å². The van der Waals surface area contributed by atoms with Crippen LogP contribution in [0.15, 0.2) is 18.3 Å². The Morgan fingerprint density at radius 2 is 2.42 bits per heavy atom. The number of pyridine rings is 1. The van der Waals surface area contributed by atoms with Crippen LogP contribution in [-0.4, -0.2) is 16.7 Å². The van der Waals surface area contributed by atoms with Crippen molar-refractivity contribution in [3.05, 3.63) is 29.1 Å². The topological polar surface area (TPSA) is 59.1 Å². The summed E-state index contributed by atoms with van der Waals surface area (Å²) < 4.78 is 0. The van der Waals surface area contributed by atoms with Gasteiger partial charge in [0.2, 0.25) is 0 Å². The summed E-state index contributed by atoms with van der Waals surface area (Å²) in [5.41, 5.74) is 6.71. The Morgan fingerprint density at radius 1 is 1.67 bits per heavy atom. The summed E-state index contributed by atoms with van der Waals surface area (Å²) in [4.78, 5) is 3.96. The highest BCUT2D eigenvalue weighted by Gasteiger charge is 1.96. The molecule has 0 aliphatic carbocycles. The zero-order valence-electron chi connectivity index (χ0n) is 6.37. The predicted molar refractivity (Wildman–Crippen MR) is 49.8 cm³/mol. The number of rotatable bonds is 2. The van der Waals surface area contributed by atoms with E-state index in [1.807, 2.05) is 0 Å². The van der Waals surface area contributed by atoms with Gasteiger partial charge in [0, 0.05) is 6.20 Å². The summed E-state index contributed by atoms with van der Waals surface area (Å²) in [6, 6.07) is 1.62.